The predicted molar refractivity (Wildman–Crippen MR) is 98.2 cm³/mol. The molecule has 3 heterocycles. The maximum absolute atomic E-state index is 4.26. The van der Waals surface area contributed by atoms with Gasteiger partial charge in [0.25, 0.3) is 0 Å². The van der Waals surface area contributed by atoms with Gasteiger partial charge in [0, 0.05) is 19.3 Å². The first-order chi connectivity index (χ1) is 13.1. The second kappa shape index (κ2) is 7.10. The topological polar surface area (TPSA) is 125 Å². The standard InChI is InChI=1S/C18H21N9/c1-10-16(22-25-19-10)7-13-4-14(8-17-11(2)20-26-23-17)6-15(5-13)9-18-12(3)21-27-24-18/h4-6H,7-9H2,1-3H3,(H,19,22,25)(H,20,23,26)(H,21,24,27). The van der Waals surface area contributed by atoms with E-state index in [1.165, 1.54) is 16.7 Å². The van der Waals surface area contributed by atoms with Crippen LogP contribution in [0.15, 0.2) is 18.2 Å². The van der Waals surface area contributed by atoms with Crippen molar-refractivity contribution in [2.75, 3.05) is 0 Å². The van der Waals surface area contributed by atoms with Gasteiger partial charge < -0.3 is 0 Å². The van der Waals surface area contributed by atoms with E-state index in [4.69, 9.17) is 0 Å². The second-order valence-electron chi connectivity index (χ2n) is 6.76. The maximum Gasteiger partial charge on any atom is 0.0897 e. The summed E-state index contributed by atoms with van der Waals surface area (Å²) in [6.07, 6.45) is 2.16. The van der Waals surface area contributed by atoms with Gasteiger partial charge in [-0.1, -0.05) is 18.2 Å². The summed E-state index contributed by atoms with van der Waals surface area (Å²) in [6, 6.07) is 6.59. The van der Waals surface area contributed by atoms with E-state index in [0.717, 1.165) is 53.4 Å². The number of aryl methyl sites for hydroxylation is 3. The van der Waals surface area contributed by atoms with Gasteiger partial charge in [-0.3, -0.25) is 0 Å². The van der Waals surface area contributed by atoms with Crippen molar-refractivity contribution in [3.05, 3.63) is 69.1 Å². The van der Waals surface area contributed by atoms with Gasteiger partial charge in [-0.15, -0.1) is 0 Å². The summed E-state index contributed by atoms with van der Waals surface area (Å²) in [5.41, 5.74) is 9.16. The smallest absolute Gasteiger partial charge is 0.0897 e. The Balaban J connectivity index is 1.67. The highest BCUT2D eigenvalue weighted by Gasteiger charge is 2.12. The summed E-state index contributed by atoms with van der Waals surface area (Å²) < 4.78 is 0. The summed E-state index contributed by atoms with van der Waals surface area (Å²) in [6.45, 7) is 5.88. The number of aromatic nitrogens is 9. The molecule has 0 aliphatic rings. The molecule has 0 unspecified atom stereocenters. The minimum atomic E-state index is 0.721. The monoisotopic (exact) mass is 363 g/mol. The van der Waals surface area contributed by atoms with Crippen molar-refractivity contribution in [2.24, 2.45) is 0 Å². The van der Waals surface area contributed by atoms with E-state index in [9.17, 15) is 0 Å². The molecule has 0 saturated heterocycles. The van der Waals surface area contributed by atoms with Crippen LogP contribution < -0.4 is 0 Å². The van der Waals surface area contributed by atoms with Crippen molar-refractivity contribution < 1.29 is 0 Å². The van der Waals surface area contributed by atoms with Crippen molar-refractivity contribution >= 4 is 0 Å². The van der Waals surface area contributed by atoms with E-state index < -0.39 is 0 Å². The summed E-state index contributed by atoms with van der Waals surface area (Å²) in [7, 11) is 0. The largest absolute Gasteiger partial charge is 0.197 e. The predicted octanol–water partition coefficient (Wildman–Crippen LogP) is 1.74. The number of hydrogen-bond acceptors (Lipinski definition) is 6. The highest BCUT2D eigenvalue weighted by molar-refractivity contribution is 5.37. The highest BCUT2D eigenvalue weighted by atomic mass is 15.3. The fourth-order valence-corrected chi connectivity index (χ4v) is 3.15. The molecule has 0 amide bonds. The second-order valence-corrected chi connectivity index (χ2v) is 6.76. The quantitative estimate of drug-likeness (QED) is 0.479. The number of benzene rings is 1. The fraction of sp³-hybridized carbons (Fsp3) is 0.333. The minimum absolute atomic E-state index is 0.721. The molecule has 0 saturated carbocycles. The average molecular weight is 363 g/mol. The molecular weight excluding hydrogens is 342 g/mol. The molecule has 0 radical (unpaired) electrons. The third kappa shape index (κ3) is 3.76. The lowest BCUT2D eigenvalue weighted by Gasteiger charge is -2.09. The Morgan fingerprint density at radius 3 is 1.04 bits per heavy atom. The zero-order valence-electron chi connectivity index (χ0n) is 15.5. The van der Waals surface area contributed by atoms with Crippen LogP contribution in [0.4, 0.5) is 0 Å². The molecule has 3 N–H and O–H groups in total. The number of hydrogen-bond donors (Lipinski definition) is 3. The van der Waals surface area contributed by atoms with Crippen molar-refractivity contribution in [1.29, 1.82) is 0 Å². The third-order valence-electron chi connectivity index (χ3n) is 4.69. The van der Waals surface area contributed by atoms with E-state index in [-0.39, 0.29) is 0 Å². The molecule has 0 fully saturated rings. The van der Waals surface area contributed by atoms with Crippen LogP contribution in [0.2, 0.25) is 0 Å². The lowest BCUT2D eigenvalue weighted by atomic mass is 9.96. The summed E-state index contributed by atoms with van der Waals surface area (Å²) >= 11 is 0. The SMILES string of the molecule is Cc1n[nH]nc1Cc1cc(Cc2n[nH]nc2C)cc(Cc2n[nH]nc2C)c1. The molecule has 0 spiro atoms. The molecule has 9 nitrogen and oxygen atoms in total. The van der Waals surface area contributed by atoms with Gasteiger partial charge in [0.2, 0.25) is 0 Å². The molecule has 9 heteroatoms. The van der Waals surface area contributed by atoms with Gasteiger partial charge >= 0.3 is 0 Å². The number of nitrogens with zero attached hydrogens (tertiary/aromatic N) is 6. The molecule has 0 bridgehead atoms. The molecule has 0 aliphatic heterocycles. The molecule has 0 atom stereocenters. The van der Waals surface area contributed by atoms with Gasteiger partial charge in [0.15, 0.2) is 0 Å². The minimum Gasteiger partial charge on any atom is -0.197 e. The molecule has 138 valence electrons. The Kier molecular flexibility index (Phi) is 4.49. The van der Waals surface area contributed by atoms with E-state index in [1.807, 2.05) is 20.8 Å². The molecule has 4 aromatic rings. The van der Waals surface area contributed by atoms with Crippen LogP contribution in [0.5, 0.6) is 0 Å². The van der Waals surface area contributed by atoms with Crippen LogP contribution >= 0.6 is 0 Å². The molecule has 4 rings (SSSR count). The van der Waals surface area contributed by atoms with Crippen LogP contribution in [0.1, 0.15) is 50.9 Å². The molecule has 3 aromatic heterocycles. The Morgan fingerprint density at radius 1 is 0.519 bits per heavy atom. The zero-order valence-corrected chi connectivity index (χ0v) is 15.5. The average Bonchev–Trinajstić information content (AvgIpc) is 3.33. The van der Waals surface area contributed by atoms with Gasteiger partial charge in [0.05, 0.1) is 34.2 Å². The van der Waals surface area contributed by atoms with Gasteiger partial charge in [-0.05, 0) is 37.5 Å². The number of aromatic amines is 3. The van der Waals surface area contributed by atoms with E-state index >= 15 is 0 Å². The van der Waals surface area contributed by atoms with Crippen molar-refractivity contribution in [1.82, 2.24) is 46.2 Å². The van der Waals surface area contributed by atoms with Crippen LogP contribution in [-0.2, 0) is 19.3 Å². The zero-order chi connectivity index (χ0) is 18.8. The normalized spacial score (nSPS) is 11.2. The number of H-pyrrole nitrogens is 3. The van der Waals surface area contributed by atoms with E-state index in [0.29, 0.717) is 0 Å². The Labute approximate surface area is 156 Å². The lowest BCUT2D eigenvalue weighted by Crippen LogP contribution is -2.00. The van der Waals surface area contributed by atoms with Crippen LogP contribution in [-0.4, -0.2) is 46.2 Å². The van der Waals surface area contributed by atoms with Crippen LogP contribution in [0.3, 0.4) is 0 Å². The van der Waals surface area contributed by atoms with Gasteiger partial charge in [0.1, 0.15) is 0 Å². The molecule has 0 aliphatic carbocycles. The van der Waals surface area contributed by atoms with Gasteiger partial charge in [-0.2, -0.15) is 46.2 Å². The first-order valence-corrected chi connectivity index (χ1v) is 8.79. The number of rotatable bonds is 6. The van der Waals surface area contributed by atoms with Gasteiger partial charge in [-0.25, -0.2) is 0 Å². The van der Waals surface area contributed by atoms with Crippen LogP contribution in [0.25, 0.3) is 0 Å². The lowest BCUT2D eigenvalue weighted by molar-refractivity contribution is 0.904. The van der Waals surface area contributed by atoms with Crippen molar-refractivity contribution in [3.63, 3.8) is 0 Å². The maximum atomic E-state index is 4.26. The first kappa shape index (κ1) is 17.1. The number of nitrogens with one attached hydrogen (secondary N) is 3. The van der Waals surface area contributed by atoms with Crippen molar-refractivity contribution in [2.45, 2.75) is 40.0 Å². The van der Waals surface area contributed by atoms with Crippen molar-refractivity contribution in [3.8, 4) is 0 Å². The van der Waals surface area contributed by atoms with E-state index in [2.05, 4.69) is 64.4 Å². The van der Waals surface area contributed by atoms with E-state index in [1.54, 1.807) is 0 Å². The highest BCUT2D eigenvalue weighted by Crippen LogP contribution is 2.20. The summed E-state index contributed by atoms with van der Waals surface area (Å²) in [5, 5.41) is 33.2. The Morgan fingerprint density at radius 2 is 0.815 bits per heavy atom. The molecule has 27 heavy (non-hydrogen) atoms. The van der Waals surface area contributed by atoms with Crippen LogP contribution in [0, 0.1) is 20.8 Å². The first-order valence-electron chi connectivity index (χ1n) is 8.79. The summed E-state index contributed by atoms with van der Waals surface area (Å²) in [5.74, 6) is 0. The Hall–Kier alpha value is -3.36. The third-order valence-corrected chi connectivity index (χ3v) is 4.69. The molecule has 1 aromatic carbocycles. The fourth-order valence-electron chi connectivity index (χ4n) is 3.15. The summed E-state index contributed by atoms with van der Waals surface area (Å²) in [4.78, 5) is 0. The molecular formula is C18H21N9. The Bertz CT molecular complexity index is 910.